The van der Waals surface area contributed by atoms with Gasteiger partial charge in [-0.15, -0.1) is 0 Å². The zero-order valence-corrected chi connectivity index (χ0v) is 29.5. The lowest BCUT2D eigenvalue weighted by Crippen LogP contribution is -2.65. The molecule has 1 aliphatic heterocycles. The summed E-state index contributed by atoms with van der Waals surface area (Å²) in [5.74, 6) is 0.683. The van der Waals surface area contributed by atoms with E-state index >= 15 is 0 Å². The van der Waals surface area contributed by atoms with E-state index in [1.54, 1.807) is 44.3 Å². The Bertz CT molecular complexity index is 1680. The summed E-state index contributed by atoms with van der Waals surface area (Å²) in [4.78, 5) is 40.7. The zero-order chi connectivity index (χ0) is 35.1. The maximum atomic E-state index is 14.1. The van der Waals surface area contributed by atoms with Gasteiger partial charge in [0.15, 0.2) is 0 Å². The number of hydrogen-bond donors (Lipinski definition) is 3. The second-order valence-corrected chi connectivity index (χ2v) is 15.1. The van der Waals surface area contributed by atoms with Gasteiger partial charge >= 0.3 is 7.12 Å². The first kappa shape index (κ1) is 34.7. The van der Waals surface area contributed by atoms with E-state index < -0.39 is 42.4 Å². The molecule has 0 radical (unpaired) electrons. The SMILES string of the molecule is Cc1cc(C(=O)NC[C@H](NC(=O)c2ccc(Oc3ccccc3)cc2)C(=O)N[C@@H](CC(C)C)B2OC3C[C@@H]4C[C@@H](C4(C)C)[C@]3(C)O2)n(C)n1. The third-order valence-corrected chi connectivity index (χ3v) is 10.8. The van der Waals surface area contributed by atoms with Crippen LogP contribution in [0.1, 0.15) is 80.4 Å². The molecule has 3 amide bonds. The Balaban J connectivity index is 1.18. The first-order chi connectivity index (χ1) is 23.2. The molecular weight excluding hydrogens is 621 g/mol. The summed E-state index contributed by atoms with van der Waals surface area (Å²) >= 11 is 0. The number of hydrogen-bond acceptors (Lipinski definition) is 7. The van der Waals surface area contributed by atoms with E-state index in [0.29, 0.717) is 46.7 Å². The number of aryl methyl sites for hydroxylation is 2. The minimum Gasteiger partial charge on any atom is -0.457 e. The monoisotopic (exact) mass is 669 g/mol. The average molecular weight is 670 g/mol. The Labute approximate surface area is 289 Å². The molecule has 11 nitrogen and oxygen atoms in total. The van der Waals surface area contributed by atoms with Crippen LogP contribution in [0.25, 0.3) is 0 Å². The molecule has 6 atom stereocenters. The summed E-state index contributed by atoms with van der Waals surface area (Å²) in [6.45, 7) is 12.6. The maximum absolute atomic E-state index is 14.1. The van der Waals surface area contributed by atoms with E-state index in [4.69, 9.17) is 14.0 Å². The van der Waals surface area contributed by atoms with Gasteiger partial charge < -0.3 is 30.0 Å². The first-order valence-corrected chi connectivity index (χ1v) is 17.3. The third kappa shape index (κ3) is 7.12. The molecule has 12 heteroatoms. The van der Waals surface area contributed by atoms with E-state index in [9.17, 15) is 14.4 Å². The molecule has 260 valence electrons. The summed E-state index contributed by atoms with van der Waals surface area (Å²) in [6.07, 6.45) is 2.64. The van der Waals surface area contributed by atoms with Gasteiger partial charge in [0, 0.05) is 19.2 Å². The van der Waals surface area contributed by atoms with Gasteiger partial charge in [0.1, 0.15) is 23.2 Å². The predicted molar refractivity (Wildman–Crippen MR) is 186 cm³/mol. The number of aromatic nitrogens is 2. The van der Waals surface area contributed by atoms with Crippen LogP contribution < -0.4 is 20.7 Å². The second kappa shape index (κ2) is 13.6. The van der Waals surface area contributed by atoms with Gasteiger partial charge in [-0.05, 0) is 98.7 Å². The quantitative estimate of drug-likeness (QED) is 0.235. The molecule has 7 rings (SSSR count). The minimum atomic E-state index is -1.09. The van der Waals surface area contributed by atoms with E-state index in [1.165, 1.54) is 4.68 Å². The summed E-state index contributed by atoms with van der Waals surface area (Å²) in [5.41, 5.74) is 1.14. The molecule has 1 saturated heterocycles. The average Bonchev–Trinajstić information content (AvgIpc) is 3.60. The first-order valence-electron chi connectivity index (χ1n) is 17.3. The molecule has 4 fully saturated rings. The van der Waals surface area contributed by atoms with Crippen molar-refractivity contribution in [1.29, 1.82) is 0 Å². The van der Waals surface area contributed by atoms with Crippen molar-refractivity contribution >= 4 is 24.8 Å². The summed E-state index contributed by atoms with van der Waals surface area (Å²) < 4.78 is 20.7. The van der Waals surface area contributed by atoms with Gasteiger partial charge in [0.2, 0.25) is 5.91 Å². The highest BCUT2D eigenvalue weighted by molar-refractivity contribution is 6.48. The smallest absolute Gasteiger partial charge is 0.457 e. The van der Waals surface area contributed by atoms with Gasteiger partial charge in [0.05, 0.1) is 23.3 Å². The van der Waals surface area contributed by atoms with Gasteiger partial charge in [-0.2, -0.15) is 5.10 Å². The Morgan fingerprint density at radius 2 is 1.69 bits per heavy atom. The molecule has 4 aliphatic rings. The fourth-order valence-electron chi connectivity index (χ4n) is 7.96. The fourth-order valence-corrected chi connectivity index (χ4v) is 7.96. The lowest BCUT2D eigenvalue weighted by molar-refractivity contribution is -0.199. The number of amides is 3. The molecule has 3 aliphatic carbocycles. The van der Waals surface area contributed by atoms with Crippen molar-refractivity contribution in [2.75, 3.05) is 6.54 Å². The van der Waals surface area contributed by atoms with Crippen LogP contribution in [0.5, 0.6) is 11.5 Å². The molecule has 3 saturated carbocycles. The van der Waals surface area contributed by atoms with Crippen molar-refractivity contribution in [1.82, 2.24) is 25.7 Å². The van der Waals surface area contributed by atoms with Crippen LogP contribution in [0.15, 0.2) is 60.7 Å². The van der Waals surface area contributed by atoms with Crippen molar-refractivity contribution in [3.8, 4) is 11.5 Å². The summed E-state index contributed by atoms with van der Waals surface area (Å²) in [6, 6.07) is 16.6. The van der Waals surface area contributed by atoms with Crippen molar-refractivity contribution in [3.63, 3.8) is 0 Å². The van der Waals surface area contributed by atoms with Crippen molar-refractivity contribution in [3.05, 3.63) is 77.6 Å². The third-order valence-electron chi connectivity index (χ3n) is 10.8. The molecule has 0 spiro atoms. The molecule has 3 N–H and O–H groups in total. The molecule has 2 aromatic carbocycles. The van der Waals surface area contributed by atoms with Crippen LogP contribution in [0.4, 0.5) is 0 Å². The minimum absolute atomic E-state index is 0.0354. The Morgan fingerprint density at radius 3 is 2.33 bits per heavy atom. The van der Waals surface area contributed by atoms with Gasteiger partial charge in [0.25, 0.3) is 11.8 Å². The largest absolute Gasteiger partial charge is 0.481 e. The van der Waals surface area contributed by atoms with Crippen LogP contribution in [0.2, 0.25) is 0 Å². The fraction of sp³-hybridized carbons (Fsp3) is 0.514. The molecule has 2 bridgehead atoms. The highest BCUT2D eigenvalue weighted by Gasteiger charge is 2.68. The number of benzene rings is 2. The normalized spacial score (nSPS) is 24.7. The lowest BCUT2D eigenvalue weighted by atomic mass is 9.43. The van der Waals surface area contributed by atoms with E-state index in [2.05, 4.69) is 55.7 Å². The highest BCUT2D eigenvalue weighted by Crippen LogP contribution is 2.65. The number of carbonyl (C=O) groups is 3. The molecule has 1 unspecified atom stereocenters. The molecule has 49 heavy (non-hydrogen) atoms. The number of nitrogens with zero attached hydrogens (tertiary/aromatic N) is 2. The van der Waals surface area contributed by atoms with Crippen molar-refractivity contribution < 1.29 is 28.4 Å². The standard InChI is InChI=1S/C37H48BN5O6/c1-22(2)17-32(38-48-31-20-25-19-30(36(25,4)5)37(31,6)49-38)41-34(45)28(21-39-35(46)29-18-23(3)42-43(29)7)40-33(44)24-13-15-27(16-14-24)47-26-11-9-8-10-12-26/h8-16,18,22,25,28,30-32H,17,19-21H2,1-7H3,(H,39,46)(H,40,44)(H,41,45)/t25-,28-,30-,31?,32-,37-/m0/s1. The van der Waals surface area contributed by atoms with Crippen molar-refractivity contribution in [2.24, 2.45) is 30.2 Å². The number of para-hydroxylation sites is 1. The molecular formula is C37H48BN5O6. The van der Waals surface area contributed by atoms with Crippen molar-refractivity contribution in [2.45, 2.75) is 84.5 Å². The topological polar surface area (TPSA) is 133 Å². The van der Waals surface area contributed by atoms with Crippen LogP contribution in [-0.4, -0.2) is 64.9 Å². The van der Waals surface area contributed by atoms with E-state index in [-0.39, 0.29) is 24.0 Å². The van der Waals surface area contributed by atoms with Crippen LogP contribution in [0.3, 0.4) is 0 Å². The number of carbonyl (C=O) groups excluding carboxylic acids is 3. The summed E-state index contributed by atoms with van der Waals surface area (Å²) in [7, 11) is 1.05. The van der Waals surface area contributed by atoms with E-state index in [0.717, 1.165) is 12.8 Å². The number of ether oxygens (including phenoxy) is 1. The summed E-state index contributed by atoms with van der Waals surface area (Å²) in [5, 5.41) is 13.1. The zero-order valence-electron chi connectivity index (χ0n) is 29.5. The van der Waals surface area contributed by atoms with Gasteiger partial charge in [-0.1, -0.05) is 45.9 Å². The Morgan fingerprint density at radius 1 is 1.00 bits per heavy atom. The number of rotatable bonds is 12. The molecule has 1 aromatic heterocycles. The maximum Gasteiger partial charge on any atom is 0.481 e. The van der Waals surface area contributed by atoms with Gasteiger partial charge in [-0.25, -0.2) is 0 Å². The van der Waals surface area contributed by atoms with Crippen LogP contribution >= 0.6 is 0 Å². The molecule has 3 aromatic rings. The van der Waals surface area contributed by atoms with E-state index in [1.807, 2.05) is 30.3 Å². The Kier molecular flexibility index (Phi) is 9.65. The molecule has 2 heterocycles. The highest BCUT2D eigenvalue weighted by atomic mass is 16.7. The predicted octanol–water partition coefficient (Wildman–Crippen LogP) is 4.85. The second-order valence-electron chi connectivity index (χ2n) is 15.1. The number of nitrogens with one attached hydrogen (secondary N) is 3. The Hall–Kier alpha value is -4.16. The van der Waals surface area contributed by atoms with Crippen LogP contribution in [0, 0.1) is 30.1 Å². The van der Waals surface area contributed by atoms with Crippen LogP contribution in [-0.2, 0) is 21.2 Å². The lowest BCUT2D eigenvalue weighted by Gasteiger charge is -2.64. The van der Waals surface area contributed by atoms with Gasteiger partial charge in [-0.3, -0.25) is 19.1 Å².